The summed E-state index contributed by atoms with van der Waals surface area (Å²) in [6, 6.07) is 2.09. The fourth-order valence-corrected chi connectivity index (χ4v) is 1.51. The molecule has 0 radical (unpaired) electrons. The summed E-state index contributed by atoms with van der Waals surface area (Å²) in [6.45, 7) is 4.33. The zero-order chi connectivity index (χ0) is 11.3. The van der Waals surface area contributed by atoms with Crippen LogP contribution in [-0.2, 0) is 0 Å². The molecule has 0 fully saturated rings. The maximum atomic E-state index is 5.53. The van der Waals surface area contributed by atoms with Crippen LogP contribution in [0.4, 0.5) is 0 Å². The van der Waals surface area contributed by atoms with E-state index >= 15 is 0 Å². The summed E-state index contributed by atoms with van der Waals surface area (Å²) in [7, 11) is 1.63. The van der Waals surface area contributed by atoms with Crippen molar-refractivity contribution in [1.82, 2.24) is 10.4 Å². The lowest BCUT2D eigenvalue weighted by Gasteiger charge is -2.18. The molecule has 15 heavy (non-hydrogen) atoms. The molecule has 1 unspecified atom stereocenters. The Bertz CT molecular complexity index is 302. The van der Waals surface area contributed by atoms with E-state index in [-0.39, 0.29) is 6.04 Å². The van der Waals surface area contributed by atoms with Crippen molar-refractivity contribution in [1.29, 1.82) is 0 Å². The average molecular weight is 209 g/mol. The highest BCUT2D eigenvalue weighted by atomic mass is 16.5. The van der Waals surface area contributed by atoms with Crippen LogP contribution in [0.1, 0.15) is 31.9 Å². The van der Waals surface area contributed by atoms with E-state index in [0.717, 1.165) is 17.7 Å². The number of hydrogen-bond donors (Lipinski definition) is 2. The summed E-state index contributed by atoms with van der Waals surface area (Å²) >= 11 is 0. The highest BCUT2D eigenvalue weighted by Gasteiger charge is 2.12. The number of hydrazine groups is 1. The number of nitrogens with zero attached hydrogens (tertiary/aromatic N) is 1. The van der Waals surface area contributed by atoms with Gasteiger partial charge in [0.05, 0.1) is 13.3 Å². The zero-order valence-electron chi connectivity index (χ0n) is 9.53. The fraction of sp³-hybridized carbons (Fsp3) is 0.545. The van der Waals surface area contributed by atoms with Gasteiger partial charge >= 0.3 is 0 Å². The molecule has 0 amide bonds. The summed E-state index contributed by atoms with van der Waals surface area (Å²) in [5, 5.41) is 0. The molecule has 0 saturated heterocycles. The third-order valence-electron chi connectivity index (χ3n) is 2.28. The Balaban J connectivity index is 2.81. The molecule has 0 aliphatic heterocycles. The number of pyridine rings is 1. The Morgan fingerprint density at radius 2 is 2.20 bits per heavy atom. The number of nitrogens with two attached hydrogens (primary N) is 1. The monoisotopic (exact) mass is 209 g/mol. The van der Waals surface area contributed by atoms with Gasteiger partial charge in [0.2, 0.25) is 0 Å². The Morgan fingerprint density at radius 3 is 2.73 bits per heavy atom. The lowest BCUT2D eigenvalue weighted by molar-refractivity contribution is 0.406. The number of rotatable bonds is 5. The largest absolute Gasteiger partial charge is 0.495 e. The van der Waals surface area contributed by atoms with E-state index in [9.17, 15) is 0 Å². The molecule has 0 aliphatic rings. The number of ether oxygens (including phenoxy) is 1. The van der Waals surface area contributed by atoms with E-state index in [2.05, 4.69) is 24.3 Å². The van der Waals surface area contributed by atoms with Gasteiger partial charge in [0.1, 0.15) is 5.75 Å². The van der Waals surface area contributed by atoms with Crippen molar-refractivity contribution in [2.75, 3.05) is 7.11 Å². The van der Waals surface area contributed by atoms with Crippen molar-refractivity contribution in [2.45, 2.75) is 26.3 Å². The Morgan fingerprint density at radius 1 is 1.47 bits per heavy atom. The van der Waals surface area contributed by atoms with Gasteiger partial charge in [-0.05, 0) is 24.0 Å². The smallest absolute Gasteiger partial charge is 0.137 e. The summed E-state index contributed by atoms with van der Waals surface area (Å²) < 4.78 is 5.12. The van der Waals surface area contributed by atoms with Crippen LogP contribution >= 0.6 is 0 Å². The van der Waals surface area contributed by atoms with E-state index in [0.29, 0.717) is 5.92 Å². The van der Waals surface area contributed by atoms with Crippen LogP contribution in [0.3, 0.4) is 0 Å². The molecule has 4 heteroatoms. The molecular weight excluding hydrogens is 190 g/mol. The van der Waals surface area contributed by atoms with Crippen LogP contribution < -0.4 is 16.0 Å². The normalized spacial score (nSPS) is 12.9. The quantitative estimate of drug-likeness (QED) is 0.571. The predicted molar refractivity (Wildman–Crippen MR) is 60.3 cm³/mol. The van der Waals surface area contributed by atoms with Gasteiger partial charge in [-0.1, -0.05) is 13.8 Å². The van der Waals surface area contributed by atoms with E-state index in [1.807, 2.05) is 12.3 Å². The van der Waals surface area contributed by atoms with Crippen molar-refractivity contribution in [2.24, 2.45) is 11.8 Å². The first-order valence-corrected chi connectivity index (χ1v) is 5.12. The Kier molecular flexibility index (Phi) is 4.52. The molecule has 0 spiro atoms. The molecule has 1 rings (SSSR count). The summed E-state index contributed by atoms with van der Waals surface area (Å²) in [6.07, 6.45) is 4.48. The first-order valence-electron chi connectivity index (χ1n) is 5.12. The van der Waals surface area contributed by atoms with Gasteiger partial charge in [-0.15, -0.1) is 0 Å². The fourth-order valence-electron chi connectivity index (χ4n) is 1.51. The molecule has 1 aromatic heterocycles. The van der Waals surface area contributed by atoms with Crippen LogP contribution in [0.25, 0.3) is 0 Å². The minimum absolute atomic E-state index is 0.132. The minimum atomic E-state index is 0.132. The first kappa shape index (κ1) is 11.9. The second-order valence-electron chi connectivity index (χ2n) is 4.01. The average Bonchev–Trinajstić information content (AvgIpc) is 2.25. The maximum absolute atomic E-state index is 5.53. The van der Waals surface area contributed by atoms with Crippen LogP contribution in [0.15, 0.2) is 18.5 Å². The van der Waals surface area contributed by atoms with Gasteiger partial charge in [-0.25, -0.2) is 0 Å². The molecule has 0 aromatic carbocycles. The molecule has 1 aromatic rings. The molecule has 1 atom stereocenters. The van der Waals surface area contributed by atoms with Crippen LogP contribution in [0.2, 0.25) is 0 Å². The van der Waals surface area contributed by atoms with Crippen molar-refractivity contribution in [3.8, 4) is 5.75 Å². The highest BCUT2D eigenvalue weighted by Crippen LogP contribution is 2.22. The number of methoxy groups -OCH3 is 1. The van der Waals surface area contributed by atoms with Gasteiger partial charge < -0.3 is 4.74 Å². The number of nitrogens with one attached hydrogen (secondary N) is 1. The lowest BCUT2D eigenvalue weighted by atomic mass is 9.99. The van der Waals surface area contributed by atoms with Crippen molar-refractivity contribution in [3.05, 3.63) is 24.0 Å². The standard InChI is InChI=1S/C11H19N3O/c1-8(2)4-11(14-12)9-5-10(15-3)7-13-6-9/h5-8,11,14H,4,12H2,1-3H3. The third kappa shape index (κ3) is 3.49. The molecule has 0 bridgehead atoms. The first-order chi connectivity index (χ1) is 7.17. The SMILES string of the molecule is COc1cncc(C(CC(C)C)NN)c1. The number of aromatic nitrogens is 1. The molecule has 0 aliphatic carbocycles. The van der Waals surface area contributed by atoms with E-state index < -0.39 is 0 Å². The summed E-state index contributed by atoms with van der Waals surface area (Å²) in [5.41, 5.74) is 3.87. The van der Waals surface area contributed by atoms with Gasteiger partial charge in [0, 0.05) is 12.2 Å². The summed E-state index contributed by atoms with van der Waals surface area (Å²) in [4.78, 5) is 4.11. The lowest BCUT2D eigenvalue weighted by Crippen LogP contribution is -2.29. The molecular formula is C11H19N3O. The molecule has 84 valence electrons. The second-order valence-corrected chi connectivity index (χ2v) is 4.01. The predicted octanol–water partition coefficient (Wildman–Crippen LogP) is 1.64. The van der Waals surface area contributed by atoms with E-state index in [1.165, 1.54) is 0 Å². The Labute approximate surface area is 90.8 Å². The van der Waals surface area contributed by atoms with Gasteiger partial charge in [-0.3, -0.25) is 16.3 Å². The van der Waals surface area contributed by atoms with E-state index in [1.54, 1.807) is 13.3 Å². The second kappa shape index (κ2) is 5.68. The number of hydrogen-bond acceptors (Lipinski definition) is 4. The molecule has 0 saturated carbocycles. The van der Waals surface area contributed by atoms with E-state index in [4.69, 9.17) is 10.6 Å². The van der Waals surface area contributed by atoms with Crippen molar-refractivity contribution in [3.63, 3.8) is 0 Å². The van der Waals surface area contributed by atoms with Crippen molar-refractivity contribution < 1.29 is 4.74 Å². The summed E-state index contributed by atoms with van der Waals surface area (Å²) in [5.74, 6) is 6.87. The Hall–Kier alpha value is -1.13. The van der Waals surface area contributed by atoms with Gasteiger partial charge in [0.25, 0.3) is 0 Å². The maximum Gasteiger partial charge on any atom is 0.137 e. The highest BCUT2D eigenvalue weighted by molar-refractivity contribution is 5.25. The third-order valence-corrected chi connectivity index (χ3v) is 2.28. The minimum Gasteiger partial charge on any atom is -0.495 e. The van der Waals surface area contributed by atoms with Crippen molar-refractivity contribution >= 4 is 0 Å². The van der Waals surface area contributed by atoms with Crippen LogP contribution in [-0.4, -0.2) is 12.1 Å². The zero-order valence-corrected chi connectivity index (χ0v) is 9.53. The van der Waals surface area contributed by atoms with Gasteiger partial charge in [-0.2, -0.15) is 0 Å². The topological polar surface area (TPSA) is 60.2 Å². The van der Waals surface area contributed by atoms with Gasteiger partial charge in [0.15, 0.2) is 0 Å². The molecule has 1 heterocycles. The molecule has 4 nitrogen and oxygen atoms in total. The molecule has 3 N–H and O–H groups in total. The van der Waals surface area contributed by atoms with Crippen LogP contribution in [0.5, 0.6) is 5.75 Å². The van der Waals surface area contributed by atoms with Crippen LogP contribution in [0, 0.1) is 5.92 Å².